The summed E-state index contributed by atoms with van der Waals surface area (Å²) in [7, 11) is 1.46. The van der Waals surface area contributed by atoms with Crippen molar-refractivity contribution in [3.8, 4) is 23.1 Å². The van der Waals surface area contributed by atoms with Crippen molar-refractivity contribution >= 4 is 71.5 Å². The first kappa shape index (κ1) is 29.3. The first-order chi connectivity index (χ1) is 21.3. The lowest BCUT2D eigenvalue weighted by atomic mass is 10.2. The van der Waals surface area contributed by atoms with E-state index >= 15 is 0 Å². The number of hydrogen-bond acceptors (Lipinski definition) is 7. The van der Waals surface area contributed by atoms with Crippen LogP contribution < -0.4 is 20.3 Å². The lowest BCUT2D eigenvalue weighted by Crippen LogP contribution is -2.20. The quantitative estimate of drug-likeness (QED) is 0.165. The number of amides is 1. The zero-order valence-electron chi connectivity index (χ0n) is 22.9. The van der Waals surface area contributed by atoms with Gasteiger partial charge in [-0.15, -0.1) is 0 Å². The lowest BCUT2D eigenvalue weighted by molar-refractivity contribution is -0.118. The van der Waals surface area contributed by atoms with E-state index in [1.807, 2.05) is 24.3 Å². The van der Waals surface area contributed by atoms with Gasteiger partial charge in [-0.2, -0.15) is 9.78 Å². The summed E-state index contributed by atoms with van der Waals surface area (Å²) in [6.07, 6.45) is 1.49. The number of carbonyl (C=O) groups excluding carboxylic acids is 1. The third-order valence-corrected chi connectivity index (χ3v) is 7.58. The molecule has 0 radical (unpaired) electrons. The summed E-state index contributed by atoms with van der Waals surface area (Å²) in [5.41, 5.74) is 1.77. The minimum absolute atomic E-state index is 0.232. The standard InChI is InChI=1S/C32H21Br2FN4O5/c1-42-27-13-18(12-24(34)30(27)43-17-29(40)37-22-9-7-21(35)8-10-22)16-36-39-31(38-25-5-3-2-4-23(25)32(39)41)28-15-19-14-20(33)6-11-26(19)44-28/h2-16H,17H2,1H3,(H,37,40). The molecule has 0 aliphatic heterocycles. The molecule has 0 bridgehead atoms. The molecule has 44 heavy (non-hydrogen) atoms. The number of ether oxygens (including phenoxy) is 2. The van der Waals surface area contributed by atoms with E-state index in [1.165, 1.54) is 42.3 Å². The molecule has 0 saturated heterocycles. The number of nitrogens with one attached hydrogen (secondary N) is 1. The summed E-state index contributed by atoms with van der Waals surface area (Å²) < 4.78 is 33.0. The molecule has 12 heteroatoms. The van der Waals surface area contributed by atoms with E-state index in [9.17, 15) is 14.0 Å². The molecule has 1 N–H and O–H groups in total. The maximum Gasteiger partial charge on any atom is 0.282 e. The Morgan fingerprint density at radius 3 is 2.66 bits per heavy atom. The Bertz CT molecular complexity index is 2130. The summed E-state index contributed by atoms with van der Waals surface area (Å²) in [5, 5.41) is 8.37. The minimum atomic E-state index is -0.440. The van der Waals surface area contributed by atoms with E-state index in [4.69, 9.17) is 18.9 Å². The molecule has 220 valence electrons. The van der Waals surface area contributed by atoms with Gasteiger partial charge in [0.05, 0.1) is 28.7 Å². The minimum Gasteiger partial charge on any atom is -0.493 e. The highest BCUT2D eigenvalue weighted by Crippen LogP contribution is 2.36. The molecule has 0 fully saturated rings. The van der Waals surface area contributed by atoms with Gasteiger partial charge in [-0.25, -0.2) is 9.37 Å². The van der Waals surface area contributed by atoms with Crippen molar-refractivity contribution in [1.82, 2.24) is 9.66 Å². The number of furan rings is 1. The van der Waals surface area contributed by atoms with Crippen LogP contribution in [0.4, 0.5) is 10.1 Å². The highest BCUT2D eigenvalue weighted by atomic mass is 79.9. The van der Waals surface area contributed by atoms with Crippen LogP contribution >= 0.6 is 31.9 Å². The number of para-hydroxylation sites is 1. The van der Waals surface area contributed by atoms with Gasteiger partial charge in [0.2, 0.25) is 5.82 Å². The number of hydrogen-bond donors (Lipinski definition) is 1. The van der Waals surface area contributed by atoms with Gasteiger partial charge in [0.15, 0.2) is 23.9 Å². The number of benzene rings is 4. The summed E-state index contributed by atoms with van der Waals surface area (Å²) >= 11 is 6.95. The number of halogens is 3. The van der Waals surface area contributed by atoms with Gasteiger partial charge in [-0.3, -0.25) is 9.59 Å². The van der Waals surface area contributed by atoms with Gasteiger partial charge in [-0.05, 0) is 94.3 Å². The number of fused-ring (bicyclic) bond motifs is 2. The fourth-order valence-corrected chi connectivity index (χ4v) is 5.41. The lowest BCUT2D eigenvalue weighted by Gasteiger charge is -2.13. The van der Waals surface area contributed by atoms with Crippen LogP contribution in [0.5, 0.6) is 11.5 Å². The zero-order valence-corrected chi connectivity index (χ0v) is 26.1. The summed E-state index contributed by atoms with van der Waals surface area (Å²) in [5.74, 6) is 0.372. The number of aromatic nitrogens is 2. The first-order valence-electron chi connectivity index (χ1n) is 13.1. The van der Waals surface area contributed by atoms with Gasteiger partial charge in [0, 0.05) is 15.5 Å². The van der Waals surface area contributed by atoms with Crippen LogP contribution in [0.25, 0.3) is 33.5 Å². The van der Waals surface area contributed by atoms with E-state index in [0.29, 0.717) is 43.7 Å². The molecular weight excluding hydrogens is 699 g/mol. The molecule has 0 saturated carbocycles. The van der Waals surface area contributed by atoms with Crippen LogP contribution in [0.1, 0.15) is 5.56 Å². The van der Waals surface area contributed by atoms with E-state index in [1.54, 1.807) is 36.4 Å². The second kappa shape index (κ2) is 12.4. The van der Waals surface area contributed by atoms with Gasteiger partial charge >= 0.3 is 0 Å². The van der Waals surface area contributed by atoms with Crippen molar-refractivity contribution in [2.24, 2.45) is 5.10 Å². The van der Waals surface area contributed by atoms with Crippen molar-refractivity contribution in [3.05, 3.63) is 116 Å². The normalized spacial score (nSPS) is 11.4. The second-order valence-electron chi connectivity index (χ2n) is 9.48. The number of methoxy groups -OCH3 is 1. The average Bonchev–Trinajstić information content (AvgIpc) is 3.44. The summed E-state index contributed by atoms with van der Waals surface area (Å²) in [4.78, 5) is 30.7. The van der Waals surface area contributed by atoms with Gasteiger partial charge in [0.25, 0.3) is 11.5 Å². The molecule has 4 aromatic carbocycles. The summed E-state index contributed by atoms with van der Waals surface area (Å²) in [6.45, 7) is -0.324. The molecule has 2 heterocycles. The third-order valence-electron chi connectivity index (χ3n) is 6.50. The number of rotatable bonds is 8. The Morgan fingerprint density at radius 1 is 1.07 bits per heavy atom. The molecule has 0 aliphatic rings. The monoisotopic (exact) mass is 718 g/mol. The SMILES string of the molecule is COc1cc(C=Nn2c(-c3cc4cc(Br)ccc4o3)nc3ccccc3c2=O)cc(Br)c1OCC(=O)Nc1ccc(F)cc1. The van der Waals surface area contributed by atoms with E-state index in [0.717, 1.165) is 9.86 Å². The van der Waals surface area contributed by atoms with E-state index < -0.39 is 11.7 Å². The molecule has 0 aliphatic carbocycles. The molecule has 9 nitrogen and oxygen atoms in total. The predicted octanol–water partition coefficient (Wildman–Crippen LogP) is 7.38. The molecule has 1 amide bonds. The molecule has 2 aromatic heterocycles. The third kappa shape index (κ3) is 6.12. The van der Waals surface area contributed by atoms with Crippen LogP contribution in [-0.4, -0.2) is 35.5 Å². The van der Waals surface area contributed by atoms with Crippen LogP contribution in [0.3, 0.4) is 0 Å². The van der Waals surface area contributed by atoms with Gasteiger partial charge in [0.1, 0.15) is 11.4 Å². The predicted molar refractivity (Wildman–Crippen MR) is 173 cm³/mol. The highest BCUT2D eigenvalue weighted by Gasteiger charge is 2.18. The Morgan fingerprint density at radius 2 is 1.86 bits per heavy atom. The molecule has 0 atom stereocenters. The van der Waals surface area contributed by atoms with E-state index in [2.05, 4.69) is 42.3 Å². The number of nitrogens with zero attached hydrogens (tertiary/aromatic N) is 3. The second-order valence-corrected chi connectivity index (χ2v) is 11.3. The van der Waals surface area contributed by atoms with Crippen LogP contribution in [-0.2, 0) is 4.79 Å². The smallest absolute Gasteiger partial charge is 0.282 e. The topological polar surface area (TPSA) is 108 Å². The molecule has 6 aromatic rings. The van der Waals surface area contributed by atoms with Gasteiger partial charge in [-0.1, -0.05) is 28.1 Å². The fraction of sp³-hybridized carbons (Fsp3) is 0.0625. The first-order valence-corrected chi connectivity index (χ1v) is 14.7. The van der Waals surface area contributed by atoms with Crippen molar-refractivity contribution in [3.63, 3.8) is 0 Å². The number of anilines is 1. The fourth-order valence-electron chi connectivity index (χ4n) is 4.46. The van der Waals surface area contributed by atoms with Gasteiger partial charge < -0.3 is 19.2 Å². The number of carbonyl (C=O) groups is 1. The Hall–Kier alpha value is -4.81. The van der Waals surface area contributed by atoms with Crippen LogP contribution in [0.15, 0.2) is 108 Å². The van der Waals surface area contributed by atoms with Crippen molar-refractivity contribution in [2.75, 3.05) is 19.0 Å². The maximum atomic E-state index is 13.6. The molecule has 6 rings (SSSR count). The van der Waals surface area contributed by atoms with Crippen LogP contribution in [0, 0.1) is 5.82 Å². The highest BCUT2D eigenvalue weighted by molar-refractivity contribution is 9.10. The average molecular weight is 720 g/mol. The Labute approximate surface area is 266 Å². The summed E-state index contributed by atoms with van der Waals surface area (Å²) in [6, 6.07) is 23.2. The Balaban J connectivity index is 1.31. The van der Waals surface area contributed by atoms with Crippen molar-refractivity contribution < 1.29 is 23.1 Å². The zero-order chi connectivity index (χ0) is 30.8. The molecular formula is C32H21Br2FN4O5. The van der Waals surface area contributed by atoms with Crippen molar-refractivity contribution in [2.45, 2.75) is 0 Å². The van der Waals surface area contributed by atoms with Crippen molar-refractivity contribution in [1.29, 1.82) is 0 Å². The molecule has 0 spiro atoms. The maximum absolute atomic E-state index is 13.6. The molecule has 0 unspecified atom stereocenters. The van der Waals surface area contributed by atoms with E-state index in [-0.39, 0.29) is 23.7 Å². The Kier molecular flexibility index (Phi) is 8.27. The van der Waals surface area contributed by atoms with Crippen LogP contribution in [0.2, 0.25) is 0 Å². The largest absolute Gasteiger partial charge is 0.493 e.